The Morgan fingerprint density at radius 3 is 1.90 bits per heavy atom. The smallest absolute Gasteiger partial charge is 0.308 e. The molecule has 0 aliphatic carbocycles. The van der Waals surface area contributed by atoms with Gasteiger partial charge in [0.1, 0.15) is 0 Å². The molecule has 0 amide bonds. The molecule has 0 heterocycles. The number of carbonyl (C=O) groups is 1. The zero-order valence-electron chi connectivity index (χ0n) is 13.1. The first kappa shape index (κ1) is 18.9. The normalized spacial score (nSPS) is 14.3. The number of hydrogen-bond donors (Lipinski definition) is 2. The van der Waals surface area contributed by atoms with Crippen LogP contribution in [0.5, 0.6) is 0 Å². The van der Waals surface area contributed by atoms with Crippen molar-refractivity contribution in [2.45, 2.75) is 40.9 Å². The van der Waals surface area contributed by atoms with Gasteiger partial charge in [-0.2, -0.15) is 0 Å². The van der Waals surface area contributed by atoms with Gasteiger partial charge in [-0.15, -0.1) is 0 Å². The second-order valence-corrected chi connectivity index (χ2v) is 5.79. The van der Waals surface area contributed by atoms with Crippen LogP contribution in [0.25, 0.3) is 0 Å². The summed E-state index contributed by atoms with van der Waals surface area (Å²) in [6, 6.07) is 0. The molecule has 6 heteroatoms. The first-order valence-electron chi connectivity index (χ1n) is 6.99. The highest BCUT2D eigenvalue weighted by atomic mass is 16.7. The average molecular weight is 288 g/mol. The van der Waals surface area contributed by atoms with Gasteiger partial charge in [-0.3, -0.25) is 9.79 Å². The van der Waals surface area contributed by atoms with Gasteiger partial charge < -0.3 is 20.3 Å². The van der Waals surface area contributed by atoms with Crippen molar-refractivity contribution >= 4 is 11.8 Å². The van der Waals surface area contributed by atoms with Crippen LogP contribution in [0.3, 0.4) is 0 Å². The van der Waals surface area contributed by atoms with Crippen molar-refractivity contribution < 1.29 is 19.4 Å². The van der Waals surface area contributed by atoms with E-state index in [1.165, 1.54) is 0 Å². The second-order valence-electron chi connectivity index (χ2n) is 5.79. The summed E-state index contributed by atoms with van der Waals surface area (Å²) in [6.45, 7) is 10.8. The molecule has 3 N–H and O–H groups in total. The van der Waals surface area contributed by atoms with Crippen molar-refractivity contribution in [1.82, 2.24) is 0 Å². The maximum absolute atomic E-state index is 10.7. The molecule has 6 nitrogen and oxygen atoms in total. The number of carboxylic acid groups (broad SMARTS) is 1. The van der Waals surface area contributed by atoms with Crippen molar-refractivity contribution in [3.05, 3.63) is 0 Å². The van der Waals surface area contributed by atoms with Gasteiger partial charge in [0.05, 0.1) is 25.7 Å². The van der Waals surface area contributed by atoms with Crippen LogP contribution in [-0.4, -0.2) is 43.0 Å². The summed E-state index contributed by atoms with van der Waals surface area (Å²) in [5.74, 6) is -0.579. The molecule has 1 atom stereocenters. The number of nitrogens with two attached hydrogens (primary N) is 1. The number of rotatable bonds is 10. The Morgan fingerprint density at radius 2 is 1.55 bits per heavy atom. The lowest BCUT2D eigenvalue weighted by Crippen LogP contribution is -2.36. The summed E-state index contributed by atoms with van der Waals surface area (Å²) in [5, 5.41) is 8.81. The zero-order valence-corrected chi connectivity index (χ0v) is 13.1. The largest absolute Gasteiger partial charge is 0.481 e. The Hall–Kier alpha value is -1.14. The minimum Gasteiger partial charge on any atom is -0.481 e. The molecule has 118 valence electrons. The fourth-order valence-electron chi connectivity index (χ4n) is 1.17. The highest BCUT2D eigenvalue weighted by Crippen LogP contribution is 2.05. The van der Waals surface area contributed by atoms with Crippen molar-refractivity contribution in [3.63, 3.8) is 0 Å². The SMILES string of the molecule is CC(C)COC(OCC(C)C)C(N)=NCC(C)C(=O)O. The standard InChI is InChI=1S/C14H28N2O4/c1-9(2)7-19-14(20-8-10(3)4)12(15)16-6-11(5)13(17)18/h9-11,14H,6-8H2,1-5H3,(H2,15,16)(H,17,18). The van der Waals surface area contributed by atoms with E-state index in [2.05, 4.69) is 4.99 Å². The van der Waals surface area contributed by atoms with Crippen LogP contribution in [0.1, 0.15) is 34.6 Å². The van der Waals surface area contributed by atoms with Gasteiger partial charge in [0.15, 0.2) is 5.84 Å². The molecule has 0 aromatic heterocycles. The topological polar surface area (TPSA) is 94.1 Å². The van der Waals surface area contributed by atoms with E-state index in [1.807, 2.05) is 27.7 Å². The third kappa shape index (κ3) is 8.87. The van der Waals surface area contributed by atoms with E-state index < -0.39 is 18.2 Å². The number of amidine groups is 1. The summed E-state index contributed by atoms with van der Waals surface area (Å²) in [6.07, 6.45) is -0.708. The number of carboxylic acids is 1. The molecule has 0 spiro atoms. The molecule has 0 aromatic carbocycles. The van der Waals surface area contributed by atoms with E-state index in [0.29, 0.717) is 25.0 Å². The monoisotopic (exact) mass is 288 g/mol. The molecule has 0 saturated carbocycles. The van der Waals surface area contributed by atoms with Gasteiger partial charge in [-0.25, -0.2) is 0 Å². The van der Waals surface area contributed by atoms with Crippen molar-refractivity contribution in [1.29, 1.82) is 0 Å². The molecule has 0 fully saturated rings. The zero-order chi connectivity index (χ0) is 15.7. The van der Waals surface area contributed by atoms with E-state index in [0.717, 1.165) is 0 Å². The number of aliphatic carboxylic acids is 1. The van der Waals surface area contributed by atoms with Crippen molar-refractivity contribution in [2.24, 2.45) is 28.5 Å². The van der Waals surface area contributed by atoms with Gasteiger partial charge in [-0.05, 0) is 11.8 Å². The Kier molecular flexibility index (Phi) is 9.16. The maximum Gasteiger partial charge on any atom is 0.308 e. The highest BCUT2D eigenvalue weighted by molar-refractivity contribution is 5.84. The molecule has 1 unspecified atom stereocenters. The Bertz CT molecular complexity index is 304. The van der Waals surface area contributed by atoms with E-state index in [4.69, 9.17) is 20.3 Å². The van der Waals surface area contributed by atoms with Crippen LogP contribution >= 0.6 is 0 Å². The molecule has 0 aromatic rings. The van der Waals surface area contributed by atoms with Crippen LogP contribution in [-0.2, 0) is 14.3 Å². The van der Waals surface area contributed by atoms with E-state index in [1.54, 1.807) is 6.92 Å². The lowest BCUT2D eigenvalue weighted by atomic mass is 10.2. The fraction of sp³-hybridized carbons (Fsp3) is 0.857. The minimum absolute atomic E-state index is 0.119. The molecular formula is C14H28N2O4. The molecule has 20 heavy (non-hydrogen) atoms. The third-order valence-electron chi connectivity index (χ3n) is 2.37. The summed E-state index contributed by atoms with van der Waals surface area (Å²) in [7, 11) is 0. The van der Waals surface area contributed by atoms with Crippen LogP contribution in [0.15, 0.2) is 4.99 Å². The average Bonchev–Trinajstić information content (AvgIpc) is 2.34. The van der Waals surface area contributed by atoms with E-state index in [-0.39, 0.29) is 12.4 Å². The minimum atomic E-state index is -0.899. The Balaban J connectivity index is 4.55. The van der Waals surface area contributed by atoms with Crippen LogP contribution in [0.2, 0.25) is 0 Å². The van der Waals surface area contributed by atoms with Crippen molar-refractivity contribution in [3.8, 4) is 0 Å². The summed E-state index contributed by atoms with van der Waals surface area (Å²) < 4.78 is 11.2. The molecule has 0 bridgehead atoms. The lowest BCUT2D eigenvalue weighted by Gasteiger charge is -2.20. The predicted octanol–water partition coefficient (Wildman–Crippen LogP) is 1.74. The summed E-state index contributed by atoms with van der Waals surface area (Å²) in [5.41, 5.74) is 5.85. The fourth-order valence-corrected chi connectivity index (χ4v) is 1.17. The number of ether oxygens (including phenoxy) is 2. The van der Waals surface area contributed by atoms with E-state index in [9.17, 15) is 4.79 Å². The summed E-state index contributed by atoms with van der Waals surface area (Å²) in [4.78, 5) is 14.8. The molecule has 0 aliphatic rings. The molecule has 0 rings (SSSR count). The van der Waals surface area contributed by atoms with Gasteiger partial charge in [-0.1, -0.05) is 34.6 Å². The van der Waals surface area contributed by atoms with Crippen molar-refractivity contribution in [2.75, 3.05) is 19.8 Å². The van der Waals surface area contributed by atoms with Gasteiger partial charge >= 0.3 is 5.97 Å². The van der Waals surface area contributed by atoms with E-state index >= 15 is 0 Å². The number of nitrogens with zero attached hydrogens (tertiary/aromatic N) is 1. The lowest BCUT2D eigenvalue weighted by molar-refractivity contribution is -0.140. The van der Waals surface area contributed by atoms with Gasteiger partial charge in [0.2, 0.25) is 6.29 Å². The van der Waals surface area contributed by atoms with Gasteiger partial charge in [0.25, 0.3) is 0 Å². The summed E-state index contributed by atoms with van der Waals surface area (Å²) >= 11 is 0. The molecule has 0 radical (unpaired) electrons. The maximum atomic E-state index is 10.7. The third-order valence-corrected chi connectivity index (χ3v) is 2.37. The van der Waals surface area contributed by atoms with Crippen LogP contribution < -0.4 is 5.73 Å². The van der Waals surface area contributed by atoms with Crippen LogP contribution in [0.4, 0.5) is 0 Å². The number of aliphatic imine (C=N–C) groups is 1. The Labute approximate surface area is 121 Å². The predicted molar refractivity (Wildman–Crippen MR) is 78.7 cm³/mol. The number of hydrogen-bond acceptors (Lipinski definition) is 4. The molecule has 0 saturated heterocycles. The highest BCUT2D eigenvalue weighted by Gasteiger charge is 2.17. The molecule has 0 aliphatic heterocycles. The molecular weight excluding hydrogens is 260 g/mol. The first-order chi connectivity index (χ1) is 9.23. The first-order valence-corrected chi connectivity index (χ1v) is 6.99. The van der Waals surface area contributed by atoms with Gasteiger partial charge in [0, 0.05) is 0 Å². The second kappa shape index (κ2) is 9.72. The van der Waals surface area contributed by atoms with Crippen LogP contribution in [0, 0.1) is 17.8 Å². The quantitative estimate of drug-likeness (QED) is 0.363. The Morgan fingerprint density at radius 1 is 1.10 bits per heavy atom.